The van der Waals surface area contributed by atoms with E-state index in [1.165, 1.54) is 11.3 Å². The number of amides is 1. The van der Waals surface area contributed by atoms with E-state index < -0.39 is 0 Å². The number of hydrogen-bond donors (Lipinski definition) is 2. The van der Waals surface area contributed by atoms with Crippen molar-refractivity contribution in [1.82, 2.24) is 15.5 Å². The Kier molecular flexibility index (Phi) is 4.06. The molecule has 2 heterocycles. The summed E-state index contributed by atoms with van der Waals surface area (Å²) in [6, 6.07) is 14.2. The molecule has 0 bridgehead atoms. The number of H-pyrrole nitrogens is 1. The van der Waals surface area contributed by atoms with E-state index in [4.69, 9.17) is 0 Å². The van der Waals surface area contributed by atoms with Gasteiger partial charge in [0.05, 0.1) is 10.6 Å². The third kappa shape index (κ3) is 3.09. The number of carbonyl (C=O) groups excluding carboxylic acids is 1. The maximum atomic E-state index is 12.0. The number of rotatable bonds is 4. The molecule has 0 aliphatic rings. The second kappa shape index (κ2) is 6.15. The minimum absolute atomic E-state index is 0.0176. The number of nitrogens with one attached hydrogen (secondary N) is 2. The van der Waals surface area contributed by atoms with Crippen molar-refractivity contribution in [3.05, 3.63) is 53.5 Å². The summed E-state index contributed by atoms with van der Waals surface area (Å²) in [6.45, 7) is 3.92. The molecule has 1 aromatic carbocycles. The average molecular weight is 311 g/mol. The van der Waals surface area contributed by atoms with Gasteiger partial charge in [-0.25, -0.2) is 0 Å². The third-order valence-electron chi connectivity index (χ3n) is 3.21. The smallest absolute Gasteiger partial charge is 0.261 e. The Morgan fingerprint density at radius 1 is 1.18 bits per heavy atom. The fraction of sp³-hybridized carbons (Fsp3) is 0.176. The number of aromatic nitrogens is 2. The second-order valence-electron chi connectivity index (χ2n) is 5.34. The summed E-state index contributed by atoms with van der Waals surface area (Å²) in [7, 11) is 0. The van der Waals surface area contributed by atoms with E-state index in [2.05, 4.69) is 27.6 Å². The molecule has 1 amide bonds. The van der Waals surface area contributed by atoms with Crippen LogP contribution in [0.15, 0.2) is 48.7 Å². The summed E-state index contributed by atoms with van der Waals surface area (Å²) >= 11 is 1.50. The highest BCUT2D eigenvalue weighted by atomic mass is 32.1. The summed E-state index contributed by atoms with van der Waals surface area (Å²) in [6.07, 6.45) is 1.74. The van der Waals surface area contributed by atoms with Gasteiger partial charge in [0, 0.05) is 22.7 Å². The maximum Gasteiger partial charge on any atom is 0.261 e. The molecule has 112 valence electrons. The predicted octanol–water partition coefficient (Wildman–Crippen LogP) is 3.94. The minimum atomic E-state index is -0.0176. The van der Waals surface area contributed by atoms with Gasteiger partial charge in [0.2, 0.25) is 0 Å². The molecule has 4 nitrogen and oxygen atoms in total. The van der Waals surface area contributed by atoms with E-state index in [1.807, 2.05) is 44.2 Å². The predicted molar refractivity (Wildman–Crippen MR) is 89.9 cm³/mol. The minimum Gasteiger partial charge on any atom is -0.349 e. The highest BCUT2D eigenvalue weighted by molar-refractivity contribution is 7.17. The van der Waals surface area contributed by atoms with Crippen molar-refractivity contribution in [3.8, 4) is 21.7 Å². The van der Waals surface area contributed by atoms with Gasteiger partial charge in [-0.2, -0.15) is 5.10 Å². The lowest BCUT2D eigenvalue weighted by atomic mass is 10.1. The first-order valence-electron chi connectivity index (χ1n) is 7.14. The molecule has 22 heavy (non-hydrogen) atoms. The Morgan fingerprint density at radius 3 is 2.73 bits per heavy atom. The van der Waals surface area contributed by atoms with Crippen molar-refractivity contribution in [2.24, 2.45) is 0 Å². The molecule has 5 heteroatoms. The second-order valence-corrected chi connectivity index (χ2v) is 6.43. The molecule has 3 rings (SSSR count). The van der Waals surface area contributed by atoms with E-state index in [0.717, 1.165) is 26.6 Å². The van der Waals surface area contributed by atoms with E-state index in [-0.39, 0.29) is 11.9 Å². The number of carbonyl (C=O) groups is 1. The van der Waals surface area contributed by atoms with Crippen LogP contribution in [0.2, 0.25) is 0 Å². The molecule has 0 saturated carbocycles. The lowest BCUT2D eigenvalue weighted by molar-refractivity contribution is 0.0947. The molecule has 0 radical (unpaired) electrons. The van der Waals surface area contributed by atoms with Crippen LogP contribution in [0.3, 0.4) is 0 Å². The highest BCUT2D eigenvalue weighted by Crippen LogP contribution is 2.30. The summed E-state index contributed by atoms with van der Waals surface area (Å²) < 4.78 is 0. The van der Waals surface area contributed by atoms with Crippen LogP contribution < -0.4 is 5.32 Å². The topological polar surface area (TPSA) is 57.8 Å². The van der Waals surface area contributed by atoms with Crippen LogP contribution in [0.5, 0.6) is 0 Å². The van der Waals surface area contributed by atoms with Crippen molar-refractivity contribution in [2.45, 2.75) is 19.9 Å². The van der Waals surface area contributed by atoms with Crippen molar-refractivity contribution in [3.63, 3.8) is 0 Å². The van der Waals surface area contributed by atoms with Gasteiger partial charge in [0.1, 0.15) is 0 Å². The molecular formula is C17H17N3OS. The zero-order chi connectivity index (χ0) is 15.5. The number of hydrogen-bond acceptors (Lipinski definition) is 3. The summed E-state index contributed by atoms with van der Waals surface area (Å²) in [5, 5.41) is 9.86. The van der Waals surface area contributed by atoms with Crippen molar-refractivity contribution in [1.29, 1.82) is 0 Å². The van der Waals surface area contributed by atoms with Crippen LogP contribution in [-0.2, 0) is 0 Å². The van der Waals surface area contributed by atoms with Crippen molar-refractivity contribution < 1.29 is 4.79 Å². The maximum absolute atomic E-state index is 12.0. The van der Waals surface area contributed by atoms with Gasteiger partial charge in [-0.15, -0.1) is 11.3 Å². The van der Waals surface area contributed by atoms with Gasteiger partial charge in [-0.3, -0.25) is 9.89 Å². The first-order chi connectivity index (χ1) is 10.6. The fourth-order valence-corrected chi connectivity index (χ4v) is 3.11. The quantitative estimate of drug-likeness (QED) is 0.766. The molecule has 0 saturated heterocycles. The molecule has 2 N–H and O–H groups in total. The molecule has 0 atom stereocenters. The van der Waals surface area contributed by atoms with Gasteiger partial charge >= 0.3 is 0 Å². The summed E-state index contributed by atoms with van der Waals surface area (Å²) in [5.41, 5.74) is 3.16. The highest BCUT2D eigenvalue weighted by Gasteiger charge is 2.11. The first kappa shape index (κ1) is 14.5. The Morgan fingerprint density at radius 2 is 2.00 bits per heavy atom. The normalized spacial score (nSPS) is 10.9. The summed E-state index contributed by atoms with van der Waals surface area (Å²) in [4.78, 5) is 13.9. The van der Waals surface area contributed by atoms with Crippen LogP contribution in [0.1, 0.15) is 23.5 Å². The zero-order valence-electron chi connectivity index (χ0n) is 12.5. The summed E-state index contributed by atoms with van der Waals surface area (Å²) in [5.74, 6) is -0.0176. The standard InChI is InChI=1S/C17H17N3OS/c1-11(2)19-17(21)16-7-6-15(22-16)13-5-3-4-12(10-13)14-8-9-18-20-14/h3-11H,1-2H3,(H,18,20)(H,19,21). The van der Waals surface area contributed by atoms with Gasteiger partial charge < -0.3 is 5.32 Å². The van der Waals surface area contributed by atoms with Gasteiger partial charge in [0.25, 0.3) is 5.91 Å². The third-order valence-corrected chi connectivity index (χ3v) is 4.34. The SMILES string of the molecule is CC(C)NC(=O)c1ccc(-c2cccc(-c3ccn[nH]3)c2)s1. The van der Waals surface area contributed by atoms with Crippen LogP contribution in [-0.4, -0.2) is 22.1 Å². The van der Waals surface area contributed by atoms with Gasteiger partial charge in [-0.05, 0) is 43.7 Å². The number of thiophene rings is 1. The average Bonchev–Trinajstić information content (AvgIpc) is 3.18. The first-order valence-corrected chi connectivity index (χ1v) is 7.96. The van der Waals surface area contributed by atoms with Crippen LogP contribution >= 0.6 is 11.3 Å². The molecule has 2 aromatic heterocycles. The molecule has 0 aliphatic carbocycles. The van der Waals surface area contributed by atoms with E-state index in [1.54, 1.807) is 6.20 Å². The molecule has 3 aromatic rings. The monoisotopic (exact) mass is 311 g/mol. The number of benzene rings is 1. The fourth-order valence-electron chi connectivity index (χ4n) is 2.21. The van der Waals surface area contributed by atoms with Gasteiger partial charge in [0.15, 0.2) is 0 Å². The Hall–Kier alpha value is -2.40. The Balaban J connectivity index is 1.87. The lowest BCUT2D eigenvalue weighted by Crippen LogP contribution is -2.29. The van der Waals surface area contributed by atoms with E-state index in [9.17, 15) is 4.79 Å². The van der Waals surface area contributed by atoms with Gasteiger partial charge in [-0.1, -0.05) is 18.2 Å². The van der Waals surface area contributed by atoms with E-state index in [0.29, 0.717) is 0 Å². The van der Waals surface area contributed by atoms with E-state index >= 15 is 0 Å². The zero-order valence-corrected chi connectivity index (χ0v) is 13.3. The van der Waals surface area contributed by atoms with Crippen molar-refractivity contribution in [2.75, 3.05) is 0 Å². The number of aromatic amines is 1. The molecular weight excluding hydrogens is 294 g/mol. The lowest BCUT2D eigenvalue weighted by Gasteiger charge is -2.06. The van der Waals surface area contributed by atoms with Crippen LogP contribution in [0.4, 0.5) is 0 Å². The number of nitrogens with zero attached hydrogens (tertiary/aromatic N) is 1. The Bertz CT molecular complexity index is 775. The largest absolute Gasteiger partial charge is 0.349 e. The van der Waals surface area contributed by atoms with Crippen molar-refractivity contribution >= 4 is 17.2 Å². The van der Waals surface area contributed by atoms with Crippen LogP contribution in [0, 0.1) is 0 Å². The molecule has 0 spiro atoms. The molecule has 0 fully saturated rings. The molecule has 0 unspecified atom stereocenters. The molecule has 0 aliphatic heterocycles. The van der Waals surface area contributed by atoms with Crippen LogP contribution in [0.25, 0.3) is 21.7 Å². The Labute approximate surface area is 133 Å².